The fraction of sp³-hybridized carbons (Fsp3) is 0.444. The number of piperidine rings is 1. The Morgan fingerprint density at radius 1 is 1.24 bits per heavy atom. The standard InChI is InChI=1S/C18H20F3NO3/c1-2-9-17(11-12-18(19,20)21)10-8-15(23)22(16(17)24)25-13-14-6-4-3-5-7-14/h2-7H,1,8-13H2/t17-/m1/s1. The first-order valence-electron chi connectivity index (χ1n) is 7.99. The van der Waals surface area contributed by atoms with Gasteiger partial charge in [-0.25, -0.2) is 0 Å². The van der Waals surface area contributed by atoms with Crippen LogP contribution < -0.4 is 0 Å². The Morgan fingerprint density at radius 2 is 1.92 bits per heavy atom. The molecule has 1 aromatic rings. The average molecular weight is 355 g/mol. The van der Waals surface area contributed by atoms with Crippen LogP contribution in [0.15, 0.2) is 43.0 Å². The molecule has 1 aliphatic heterocycles. The number of hydrogen-bond acceptors (Lipinski definition) is 3. The molecule has 0 aromatic heterocycles. The van der Waals surface area contributed by atoms with E-state index >= 15 is 0 Å². The van der Waals surface area contributed by atoms with Crippen molar-refractivity contribution >= 4 is 11.8 Å². The molecule has 1 fully saturated rings. The number of nitrogens with zero attached hydrogens (tertiary/aromatic N) is 1. The van der Waals surface area contributed by atoms with Gasteiger partial charge in [0.05, 0.1) is 5.41 Å². The van der Waals surface area contributed by atoms with E-state index in [-0.39, 0.29) is 32.3 Å². The van der Waals surface area contributed by atoms with Gasteiger partial charge in [-0.3, -0.25) is 14.4 Å². The van der Waals surface area contributed by atoms with E-state index in [9.17, 15) is 22.8 Å². The minimum atomic E-state index is -4.37. The molecule has 0 N–H and O–H groups in total. The quantitative estimate of drug-likeness (QED) is 0.545. The van der Waals surface area contributed by atoms with Gasteiger partial charge in [0, 0.05) is 12.8 Å². The van der Waals surface area contributed by atoms with Crippen molar-refractivity contribution in [3.8, 4) is 0 Å². The SMILES string of the molecule is C=CC[C@]1(CCC(F)(F)F)CCC(=O)N(OCc2ccccc2)C1=O. The van der Waals surface area contributed by atoms with Crippen molar-refractivity contribution in [1.29, 1.82) is 0 Å². The van der Waals surface area contributed by atoms with Crippen LogP contribution in [0, 0.1) is 5.41 Å². The third kappa shape index (κ3) is 4.92. The molecule has 4 nitrogen and oxygen atoms in total. The molecule has 0 aliphatic carbocycles. The van der Waals surface area contributed by atoms with E-state index in [1.165, 1.54) is 6.08 Å². The normalized spacial score (nSPS) is 21.5. The predicted octanol–water partition coefficient (Wildman–Crippen LogP) is 4.17. The van der Waals surface area contributed by atoms with Gasteiger partial charge >= 0.3 is 6.18 Å². The van der Waals surface area contributed by atoms with Gasteiger partial charge in [0.25, 0.3) is 11.8 Å². The number of hydroxylamine groups is 2. The van der Waals surface area contributed by atoms with E-state index in [2.05, 4.69) is 6.58 Å². The summed E-state index contributed by atoms with van der Waals surface area (Å²) in [6.45, 7) is 3.53. The van der Waals surface area contributed by atoms with Crippen molar-refractivity contribution in [2.45, 2.75) is 44.9 Å². The Morgan fingerprint density at radius 3 is 2.52 bits per heavy atom. The van der Waals surface area contributed by atoms with Gasteiger partial charge in [-0.15, -0.1) is 6.58 Å². The number of rotatable bonds is 7. The van der Waals surface area contributed by atoms with Crippen LogP contribution in [0.25, 0.3) is 0 Å². The molecule has 7 heteroatoms. The van der Waals surface area contributed by atoms with Crippen molar-refractivity contribution in [2.75, 3.05) is 0 Å². The van der Waals surface area contributed by atoms with Crippen molar-refractivity contribution in [1.82, 2.24) is 5.06 Å². The van der Waals surface area contributed by atoms with Gasteiger partial charge in [0.2, 0.25) is 0 Å². The lowest BCUT2D eigenvalue weighted by Gasteiger charge is -2.39. The topological polar surface area (TPSA) is 46.6 Å². The molecule has 1 aliphatic rings. The molecule has 0 spiro atoms. The average Bonchev–Trinajstić information content (AvgIpc) is 2.57. The Hall–Kier alpha value is -2.15. The maximum absolute atomic E-state index is 12.8. The molecule has 1 heterocycles. The molecule has 1 atom stereocenters. The van der Waals surface area contributed by atoms with Crippen LogP contribution in [0.3, 0.4) is 0 Å². The number of benzene rings is 1. The number of halogens is 3. The highest BCUT2D eigenvalue weighted by atomic mass is 19.4. The van der Waals surface area contributed by atoms with Gasteiger partial charge in [-0.2, -0.15) is 18.2 Å². The van der Waals surface area contributed by atoms with Crippen LogP contribution >= 0.6 is 0 Å². The molecule has 2 rings (SSSR count). The first-order chi connectivity index (χ1) is 11.8. The third-order valence-electron chi connectivity index (χ3n) is 4.31. The smallest absolute Gasteiger partial charge is 0.272 e. The molecule has 136 valence electrons. The van der Waals surface area contributed by atoms with Crippen LogP contribution in [0.4, 0.5) is 13.2 Å². The minimum Gasteiger partial charge on any atom is -0.272 e. The lowest BCUT2D eigenvalue weighted by Crippen LogP contribution is -2.51. The van der Waals surface area contributed by atoms with E-state index in [4.69, 9.17) is 4.84 Å². The number of carbonyl (C=O) groups is 2. The highest BCUT2D eigenvalue weighted by Gasteiger charge is 2.48. The number of alkyl halides is 3. The molecule has 1 saturated heterocycles. The van der Waals surface area contributed by atoms with Gasteiger partial charge in [0.15, 0.2) is 0 Å². The molecule has 0 radical (unpaired) electrons. The maximum Gasteiger partial charge on any atom is 0.389 e. The maximum atomic E-state index is 12.8. The fourth-order valence-electron chi connectivity index (χ4n) is 2.91. The molecule has 0 unspecified atom stereocenters. The zero-order valence-electron chi connectivity index (χ0n) is 13.7. The highest BCUT2D eigenvalue weighted by Crippen LogP contribution is 2.42. The first kappa shape index (κ1) is 19.2. The van der Waals surface area contributed by atoms with Gasteiger partial charge < -0.3 is 0 Å². The number of carbonyl (C=O) groups excluding carboxylic acids is 2. The summed E-state index contributed by atoms with van der Waals surface area (Å²) in [4.78, 5) is 30.1. The summed E-state index contributed by atoms with van der Waals surface area (Å²) in [6, 6.07) is 8.90. The number of hydrogen-bond donors (Lipinski definition) is 0. The summed E-state index contributed by atoms with van der Waals surface area (Å²) < 4.78 is 37.9. The molecule has 25 heavy (non-hydrogen) atoms. The molecule has 0 saturated carbocycles. The summed E-state index contributed by atoms with van der Waals surface area (Å²) >= 11 is 0. The van der Waals surface area contributed by atoms with Gasteiger partial charge in [0.1, 0.15) is 6.61 Å². The van der Waals surface area contributed by atoms with Crippen LogP contribution in [-0.4, -0.2) is 23.1 Å². The van der Waals surface area contributed by atoms with Crippen LogP contribution in [-0.2, 0) is 21.0 Å². The van der Waals surface area contributed by atoms with Crippen molar-refractivity contribution in [2.24, 2.45) is 5.41 Å². The van der Waals surface area contributed by atoms with E-state index < -0.39 is 29.8 Å². The molecule has 0 bridgehead atoms. The van der Waals surface area contributed by atoms with Gasteiger partial charge in [-0.1, -0.05) is 36.4 Å². The van der Waals surface area contributed by atoms with Crippen molar-refractivity contribution in [3.05, 3.63) is 48.6 Å². The Balaban J connectivity index is 2.14. The molecular weight excluding hydrogens is 335 g/mol. The van der Waals surface area contributed by atoms with Crippen molar-refractivity contribution in [3.63, 3.8) is 0 Å². The molecule has 1 aromatic carbocycles. The van der Waals surface area contributed by atoms with E-state index in [1.54, 1.807) is 24.3 Å². The number of amides is 2. The summed E-state index contributed by atoms with van der Waals surface area (Å²) in [5.74, 6) is -1.25. The largest absolute Gasteiger partial charge is 0.389 e. The Kier molecular flexibility index (Phi) is 6.00. The predicted molar refractivity (Wildman–Crippen MR) is 84.9 cm³/mol. The second-order valence-electron chi connectivity index (χ2n) is 6.14. The monoisotopic (exact) mass is 355 g/mol. The lowest BCUT2D eigenvalue weighted by molar-refractivity contribution is -0.214. The fourth-order valence-corrected chi connectivity index (χ4v) is 2.91. The van der Waals surface area contributed by atoms with Crippen LogP contribution in [0.1, 0.15) is 37.7 Å². The summed E-state index contributed by atoms with van der Waals surface area (Å²) in [5.41, 5.74) is -0.555. The summed E-state index contributed by atoms with van der Waals surface area (Å²) in [6.07, 6.45) is -4.33. The summed E-state index contributed by atoms with van der Waals surface area (Å²) in [5, 5.41) is 0.635. The van der Waals surface area contributed by atoms with Gasteiger partial charge in [-0.05, 0) is 24.8 Å². The second-order valence-corrected chi connectivity index (χ2v) is 6.14. The summed E-state index contributed by atoms with van der Waals surface area (Å²) in [7, 11) is 0. The Labute approximate surface area is 144 Å². The zero-order valence-corrected chi connectivity index (χ0v) is 13.7. The Bertz CT molecular complexity index is 630. The molecular formula is C18H20F3NO3. The number of imide groups is 1. The highest BCUT2D eigenvalue weighted by molar-refractivity contribution is 5.99. The second kappa shape index (κ2) is 7.82. The molecule has 2 amide bonds. The van der Waals surface area contributed by atoms with E-state index in [0.29, 0.717) is 5.06 Å². The van der Waals surface area contributed by atoms with Crippen LogP contribution in [0.5, 0.6) is 0 Å². The lowest BCUT2D eigenvalue weighted by atomic mass is 9.73. The zero-order chi connectivity index (χ0) is 18.5. The number of allylic oxidation sites excluding steroid dienone is 1. The first-order valence-corrected chi connectivity index (χ1v) is 7.99. The van der Waals surface area contributed by atoms with E-state index in [0.717, 1.165) is 5.56 Å². The van der Waals surface area contributed by atoms with Crippen molar-refractivity contribution < 1.29 is 27.6 Å². The van der Waals surface area contributed by atoms with E-state index in [1.807, 2.05) is 6.07 Å². The van der Waals surface area contributed by atoms with Crippen LogP contribution in [0.2, 0.25) is 0 Å². The minimum absolute atomic E-state index is 0.0121. The third-order valence-corrected chi connectivity index (χ3v) is 4.31.